The standard InChI is InChI=1S/C15H11NO2/c1-2-6-11-10(5-1)9-12(16-11)15-17-13-7-3-4-8-14(13)18-15/h1-9,15-16H. The van der Waals surface area contributed by atoms with Crippen molar-refractivity contribution in [2.45, 2.75) is 6.29 Å². The van der Waals surface area contributed by atoms with Crippen molar-refractivity contribution in [2.75, 3.05) is 0 Å². The first kappa shape index (κ1) is 9.59. The van der Waals surface area contributed by atoms with E-state index in [2.05, 4.69) is 17.1 Å². The van der Waals surface area contributed by atoms with Crippen molar-refractivity contribution >= 4 is 10.9 Å². The molecule has 0 aliphatic carbocycles. The molecule has 2 heterocycles. The largest absolute Gasteiger partial charge is 0.445 e. The van der Waals surface area contributed by atoms with Gasteiger partial charge in [-0.05, 0) is 29.7 Å². The molecule has 0 amide bonds. The van der Waals surface area contributed by atoms with Gasteiger partial charge in [-0.15, -0.1) is 0 Å². The third-order valence-electron chi connectivity index (χ3n) is 3.12. The molecule has 1 N–H and O–H groups in total. The average molecular weight is 237 g/mol. The van der Waals surface area contributed by atoms with Crippen LogP contribution in [0.1, 0.15) is 12.0 Å². The molecule has 88 valence electrons. The van der Waals surface area contributed by atoms with Gasteiger partial charge in [0.15, 0.2) is 11.5 Å². The van der Waals surface area contributed by atoms with Gasteiger partial charge in [0, 0.05) is 5.52 Å². The molecular weight excluding hydrogens is 226 g/mol. The van der Waals surface area contributed by atoms with Crippen molar-refractivity contribution < 1.29 is 9.47 Å². The molecule has 4 rings (SSSR count). The van der Waals surface area contributed by atoms with Gasteiger partial charge in [0.25, 0.3) is 6.29 Å². The summed E-state index contributed by atoms with van der Waals surface area (Å²) in [5, 5.41) is 1.16. The first-order chi connectivity index (χ1) is 8.90. The van der Waals surface area contributed by atoms with Crippen LogP contribution >= 0.6 is 0 Å². The highest BCUT2D eigenvalue weighted by Gasteiger charge is 2.26. The fourth-order valence-electron chi connectivity index (χ4n) is 2.25. The smallest absolute Gasteiger partial charge is 0.282 e. The molecule has 3 nitrogen and oxygen atoms in total. The van der Waals surface area contributed by atoms with Crippen LogP contribution in [0.4, 0.5) is 0 Å². The second-order valence-corrected chi connectivity index (χ2v) is 4.33. The van der Waals surface area contributed by atoms with Crippen molar-refractivity contribution in [3.63, 3.8) is 0 Å². The van der Waals surface area contributed by atoms with E-state index < -0.39 is 0 Å². The van der Waals surface area contributed by atoms with E-state index in [1.165, 1.54) is 0 Å². The monoisotopic (exact) mass is 237 g/mol. The maximum Gasteiger partial charge on any atom is 0.282 e. The topological polar surface area (TPSA) is 34.2 Å². The summed E-state index contributed by atoms with van der Waals surface area (Å²) in [7, 11) is 0. The lowest BCUT2D eigenvalue weighted by molar-refractivity contribution is 0.0454. The van der Waals surface area contributed by atoms with Gasteiger partial charge in [-0.2, -0.15) is 0 Å². The van der Waals surface area contributed by atoms with Gasteiger partial charge in [0.1, 0.15) is 0 Å². The van der Waals surface area contributed by atoms with Crippen LogP contribution in [0.25, 0.3) is 10.9 Å². The predicted octanol–water partition coefficient (Wildman–Crippen LogP) is 3.64. The third kappa shape index (κ3) is 1.37. The minimum atomic E-state index is -0.380. The lowest BCUT2D eigenvalue weighted by atomic mass is 10.2. The summed E-state index contributed by atoms with van der Waals surface area (Å²) >= 11 is 0. The van der Waals surface area contributed by atoms with Crippen LogP contribution in [0.2, 0.25) is 0 Å². The number of para-hydroxylation sites is 3. The lowest BCUT2D eigenvalue weighted by Gasteiger charge is -2.07. The van der Waals surface area contributed by atoms with Gasteiger partial charge < -0.3 is 14.5 Å². The third-order valence-corrected chi connectivity index (χ3v) is 3.12. The van der Waals surface area contributed by atoms with Gasteiger partial charge in [0.05, 0.1) is 5.69 Å². The molecule has 1 aromatic heterocycles. The van der Waals surface area contributed by atoms with E-state index in [1.807, 2.05) is 42.5 Å². The Labute approximate surface area is 104 Å². The Balaban J connectivity index is 1.73. The molecule has 0 fully saturated rings. The summed E-state index contributed by atoms with van der Waals surface area (Å²) in [4.78, 5) is 3.32. The minimum Gasteiger partial charge on any atom is -0.445 e. The molecule has 0 atom stereocenters. The number of aromatic amines is 1. The van der Waals surface area contributed by atoms with E-state index in [-0.39, 0.29) is 6.29 Å². The second kappa shape index (κ2) is 3.53. The van der Waals surface area contributed by atoms with Crippen LogP contribution in [0.5, 0.6) is 11.5 Å². The lowest BCUT2D eigenvalue weighted by Crippen LogP contribution is -2.07. The van der Waals surface area contributed by atoms with E-state index in [1.54, 1.807) is 0 Å². The summed E-state index contributed by atoms with van der Waals surface area (Å²) in [6.45, 7) is 0. The normalized spacial score (nSPS) is 14.2. The minimum absolute atomic E-state index is 0.380. The zero-order valence-corrected chi connectivity index (χ0v) is 9.59. The van der Waals surface area contributed by atoms with Crippen molar-refractivity contribution in [3.05, 3.63) is 60.3 Å². The first-order valence-corrected chi connectivity index (χ1v) is 5.90. The fraction of sp³-hybridized carbons (Fsp3) is 0.0667. The highest BCUT2D eigenvalue weighted by Crippen LogP contribution is 2.40. The number of hydrogen-bond donors (Lipinski definition) is 1. The number of benzene rings is 2. The van der Waals surface area contributed by atoms with Crippen LogP contribution in [0.3, 0.4) is 0 Å². The number of fused-ring (bicyclic) bond motifs is 2. The molecule has 3 aromatic rings. The SMILES string of the molecule is c1ccc2c(c1)OC(c1cc3ccccc3[nH]1)O2. The molecule has 0 spiro atoms. The van der Waals surface area contributed by atoms with Crippen LogP contribution < -0.4 is 9.47 Å². The second-order valence-electron chi connectivity index (χ2n) is 4.33. The number of hydrogen-bond acceptors (Lipinski definition) is 2. The number of nitrogens with one attached hydrogen (secondary N) is 1. The highest BCUT2D eigenvalue weighted by atomic mass is 16.7. The average Bonchev–Trinajstić information content (AvgIpc) is 3.02. The molecule has 0 bridgehead atoms. The van der Waals surface area contributed by atoms with Gasteiger partial charge in [-0.1, -0.05) is 30.3 Å². The zero-order chi connectivity index (χ0) is 11.9. The molecule has 3 heteroatoms. The Hall–Kier alpha value is -2.42. The summed E-state index contributed by atoms with van der Waals surface area (Å²) in [5.41, 5.74) is 2.03. The number of aromatic nitrogens is 1. The number of H-pyrrole nitrogens is 1. The molecule has 18 heavy (non-hydrogen) atoms. The van der Waals surface area contributed by atoms with E-state index in [0.29, 0.717) is 0 Å². The summed E-state index contributed by atoms with van der Waals surface area (Å²) in [5.74, 6) is 1.59. The molecule has 0 saturated carbocycles. The van der Waals surface area contributed by atoms with E-state index in [4.69, 9.17) is 9.47 Å². The van der Waals surface area contributed by atoms with Crippen LogP contribution in [0.15, 0.2) is 54.6 Å². The van der Waals surface area contributed by atoms with Gasteiger partial charge in [-0.25, -0.2) is 0 Å². The highest BCUT2D eigenvalue weighted by molar-refractivity contribution is 5.80. The maximum absolute atomic E-state index is 5.77. The Morgan fingerprint density at radius 2 is 1.50 bits per heavy atom. The van der Waals surface area contributed by atoms with Gasteiger partial charge in [0.2, 0.25) is 0 Å². The number of ether oxygens (including phenoxy) is 2. The van der Waals surface area contributed by atoms with Crippen molar-refractivity contribution in [3.8, 4) is 11.5 Å². The summed E-state index contributed by atoms with van der Waals surface area (Å²) < 4.78 is 11.5. The van der Waals surface area contributed by atoms with Crippen molar-refractivity contribution in [1.29, 1.82) is 0 Å². The van der Waals surface area contributed by atoms with Crippen LogP contribution in [-0.4, -0.2) is 4.98 Å². The van der Waals surface area contributed by atoms with Gasteiger partial charge in [-0.3, -0.25) is 0 Å². The van der Waals surface area contributed by atoms with E-state index in [9.17, 15) is 0 Å². The molecule has 0 radical (unpaired) electrons. The number of rotatable bonds is 1. The van der Waals surface area contributed by atoms with Crippen molar-refractivity contribution in [2.24, 2.45) is 0 Å². The van der Waals surface area contributed by atoms with Crippen LogP contribution in [0, 0.1) is 0 Å². The first-order valence-electron chi connectivity index (χ1n) is 5.90. The molecular formula is C15H11NO2. The van der Waals surface area contributed by atoms with Gasteiger partial charge >= 0.3 is 0 Å². The van der Waals surface area contributed by atoms with E-state index >= 15 is 0 Å². The van der Waals surface area contributed by atoms with E-state index in [0.717, 1.165) is 28.1 Å². The maximum atomic E-state index is 5.77. The Kier molecular flexibility index (Phi) is 1.88. The zero-order valence-electron chi connectivity index (χ0n) is 9.59. The Morgan fingerprint density at radius 1 is 0.833 bits per heavy atom. The fourth-order valence-corrected chi connectivity index (χ4v) is 2.25. The van der Waals surface area contributed by atoms with Crippen LogP contribution in [-0.2, 0) is 0 Å². The quantitative estimate of drug-likeness (QED) is 0.701. The Bertz CT molecular complexity index is 659. The summed E-state index contributed by atoms with van der Waals surface area (Å²) in [6, 6.07) is 17.9. The molecule has 0 unspecified atom stereocenters. The van der Waals surface area contributed by atoms with Crippen molar-refractivity contribution in [1.82, 2.24) is 4.98 Å². The Morgan fingerprint density at radius 3 is 2.22 bits per heavy atom. The predicted molar refractivity (Wildman–Crippen MR) is 68.7 cm³/mol. The summed E-state index contributed by atoms with van der Waals surface area (Å²) in [6.07, 6.45) is -0.380. The molecule has 1 aliphatic heterocycles. The molecule has 2 aromatic carbocycles. The molecule has 0 saturated heterocycles. The molecule has 1 aliphatic rings.